The summed E-state index contributed by atoms with van der Waals surface area (Å²) in [4.78, 5) is 2.53. The van der Waals surface area contributed by atoms with Crippen LogP contribution >= 0.6 is 15.9 Å². The van der Waals surface area contributed by atoms with Crippen molar-refractivity contribution in [1.29, 1.82) is 0 Å². The Morgan fingerprint density at radius 2 is 2.06 bits per heavy atom. The van der Waals surface area contributed by atoms with Crippen molar-refractivity contribution in [3.63, 3.8) is 0 Å². The molecule has 0 saturated carbocycles. The van der Waals surface area contributed by atoms with E-state index in [4.69, 9.17) is 4.74 Å². The first kappa shape index (κ1) is 14.0. The zero-order valence-corrected chi connectivity index (χ0v) is 12.4. The third kappa shape index (κ3) is 4.71. The highest BCUT2D eigenvalue weighted by atomic mass is 79.9. The molecule has 0 bridgehead atoms. The number of rotatable bonds is 6. The van der Waals surface area contributed by atoms with Crippen LogP contribution in [0.2, 0.25) is 0 Å². The Morgan fingerprint density at radius 1 is 1.22 bits per heavy atom. The molecule has 2 nitrogen and oxygen atoms in total. The van der Waals surface area contributed by atoms with E-state index in [0.717, 1.165) is 25.0 Å². The number of unbranched alkanes of at least 4 members (excludes halogenated alkanes) is 1. The Balaban J connectivity index is 1.60. The molecule has 1 atom stereocenters. The second-order valence-electron chi connectivity index (χ2n) is 4.89. The van der Waals surface area contributed by atoms with E-state index in [0.29, 0.717) is 6.10 Å². The predicted molar refractivity (Wildman–Crippen MR) is 79.4 cm³/mol. The minimum atomic E-state index is 0.382. The van der Waals surface area contributed by atoms with Crippen molar-refractivity contribution in [3.8, 4) is 0 Å². The van der Waals surface area contributed by atoms with Crippen molar-refractivity contribution in [2.45, 2.75) is 25.4 Å². The molecule has 3 heteroatoms. The average molecular weight is 312 g/mol. The van der Waals surface area contributed by atoms with Crippen LogP contribution in [0.3, 0.4) is 0 Å². The van der Waals surface area contributed by atoms with Gasteiger partial charge in [0.05, 0.1) is 12.7 Å². The number of hydrogen-bond donors (Lipinski definition) is 0. The molecule has 0 spiro atoms. The van der Waals surface area contributed by atoms with Gasteiger partial charge < -0.3 is 4.74 Å². The second-order valence-corrected chi connectivity index (χ2v) is 5.54. The lowest BCUT2D eigenvalue weighted by Crippen LogP contribution is -2.43. The van der Waals surface area contributed by atoms with Gasteiger partial charge in [-0.15, -0.1) is 0 Å². The molecule has 0 radical (unpaired) electrons. The molecule has 0 aromatic heterocycles. The predicted octanol–water partition coefficient (Wildman–Crippen LogP) is 3.11. The van der Waals surface area contributed by atoms with Crippen molar-refractivity contribution in [2.75, 3.05) is 31.6 Å². The van der Waals surface area contributed by atoms with Crippen LogP contribution in [0.4, 0.5) is 0 Å². The van der Waals surface area contributed by atoms with Gasteiger partial charge in [0.2, 0.25) is 0 Å². The summed E-state index contributed by atoms with van der Waals surface area (Å²) in [5, 5.41) is 0.952. The van der Waals surface area contributed by atoms with E-state index >= 15 is 0 Å². The molecule has 0 amide bonds. The lowest BCUT2D eigenvalue weighted by atomic mass is 10.1. The second kappa shape index (κ2) is 7.93. The van der Waals surface area contributed by atoms with Gasteiger partial charge in [-0.3, -0.25) is 4.90 Å². The SMILES string of the molecule is BrCC1CN(CCCCc2ccccc2)CCO1. The molecular formula is C15H22BrNO. The monoisotopic (exact) mass is 311 g/mol. The van der Waals surface area contributed by atoms with E-state index in [-0.39, 0.29) is 0 Å². The molecule has 1 fully saturated rings. The largest absolute Gasteiger partial charge is 0.375 e. The smallest absolute Gasteiger partial charge is 0.0799 e. The maximum absolute atomic E-state index is 5.64. The molecule has 100 valence electrons. The van der Waals surface area contributed by atoms with Crippen LogP contribution in [0.5, 0.6) is 0 Å². The van der Waals surface area contributed by atoms with Gasteiger partial charge in [-0.25, -0.2) is 0 Å². The van der Waals surface area contributed by atoms with Crippen molar-refractivity contribution >= 4 is 15.9 Å². The molecule has 1 heterocycles. The van der Waals surface area contributed by atoms with Crippen molar-refractivity contribution in [3.05, 3.63) is 35.9 Å². The number of hydrogen-bond acceptors (Lipinski definition) is 2. The summed E-state index contributed by atoms with van der Waals surface area (Å²) >= 11 is 3.50. The van der Waals surface area contributed by atoms with Crippen LogP contribution in [-0.4, -0.2) is 42.6 Å². The van der Waals surface area contributed by atoms with E-state index in [2.05, 4.69) is 51.2 Å². The lowest BCUT2D eigenvalue weighted by Gasteiger charge is -2.32. The molecule has 1 unspecified atom stereocenters. The Hall–Kier alpha value is -0.380. The summed E-state index contributed by atoms with van der Waals surface area (Å²) in [5.41, 5.74) is 1.46. The summed E-state index contributed by atoms with van der Waals surface area (Å²) in [7, 11) is 0. The maximum Gasteiger partial charge on any atom is 0.0799 e. The molecule has 0 aliphatic carbocycles. The molecule has 0 N–H and O–H groups in total. The van der Waals surface area contributed by atoms with E-state index < -0.39 is 0 Å². The number of ether oxygens (including phenoxy) is 1. The van der Waals surface area contributed by atoms with Crippen molar-refractivity contribution in [1.82, 2.24) is 4.90 Å². The molecule has 18 heavy (non-hydrogen) atoms. The fourth-order valence-electron chi connectivity index (χ4n) is 2.39. The fraction of sp³-hybridized carbons (Fsp3) is 0.600. The normalized spacial score (nSPS) is 21.1. The zero-order valence-electron chi connectivity index (χ0n) is 10.9. The number of morpholine rings is 1. The number of alkyl halides is 1. The Kier molecular flexibility index (Phi) is 6.18. The van der Waals surface area contributed by atoms with Crippen LogP contribution in [0, 0.1) is 0 Å². The zero-order chi connectivity index (χ0) is 12.6. The van der Waals surface area contributed by atoms with E-state index in [1.54, 1.807) is 0 Å². The topological polar surface area (TPSA) is 12.5 Å². The first-order valence-corrected chi connectivity index (χ1v) is 7.94. The minimum Gasteiger partial charge on any atom is -0.375 e. The summed E-state index contributed by atoms with van der Waals surface area (Å²) in [5.74, 6) is 0. The maximum atomic E-state index is 5.64. The van der Waals surface area contributed by atoms with E-state index in [9.17, 15) is 0 Å². The number of nitrogens with zero attached hydrogens (tertiary/aromatic N) is 1. The van der Waals surface area contributed by atoms with E-state index in [1.165, 1.54) is 31.4 Å². The van der Waals surface area contributed by atoms with Crippen molar-refractivity contribution in [2.24, 2.45) is 0 Å². The molecule has 1 aromatic carbocycles. The van der Waals surface area contributed by atoms with Gasteiger partial charge in [-0.2, -0.15) is 0 Å². The highest BCUT2D eigenvalue weighted by molar-refractivity contribution is 9.09. The average Bonchev–Trinajstić information content (AvgIpc) is 2.45. The molecule has 1 aliphatic heterocycles. The van der Waals surface area contributed by atoms with Gasteiger partial charge in [0, 0.05) is 18.4 Å². The first-order valence-electron chi connectivity index (χ1n) is 6.82. The van der Waals surface area contributed by atoms with E-state index in [1.807, 2.05) is 0 Å². The molecule has 1 aliphatic rings. The Labute approximate surface area is 118 Å². The van der Waals surface area contributed by atoms with Crippen LogP contribution < -0.4 is 0 Å². The number of aryl methyl sites for hydroxylation is 1. The van der Waals surface area contributed by atoms with Gasteiger partial charge in [-0.1, -0.05) is 46.3 Å². The minimum absolute atomic E-state index is 0.382. The lowest BCUT2D eigenvalue weighted by molar-refractivity contribution is -0.0154. The third-order valence-electron chi connectivity index (χ3n) is 3.43. The summed E-state index contributed by atoms with van der Waals surface area (Å²) in [6.07, 6.45) is 4.14. The molecule has 1 saturated heterocycles. The van der Waals surface area contributed by atoms with Crippen LogP contribution in [-0.2, 0) is 11.2 Å². The van der Waals surface area contributed by atoms with Gasteiger partial charge in [0.15, 0.2) is 0 Å². The first-order chi connectivity index (χ1) is 8.88. The summed E-state index contributed by atoms with van der Waals surface area (Å²) < 4.78 is 5.64. The van der Waals surface area contributed by atoms with Crippen LogP contribution in [0.25, 0.3) is 0 Å². The van der Waals surface area contributed by atoms with Gasteiger partial charge >= 0.3 is 0 Å². The number of benzene rings is 1. The van der Waals surface area contributed by atoms with Gasteiger partial charge in [0.1, 0.15) is 0 Å². The van der Waals surface area contributed by atoms with Gasteiger partial charge in [0.25, 0.3) is 0 Å². The fourth-order valence-corrected chi connectivity index (χ4v) is 2.78. The number of halogens is 1. The third-order valence-corrected chi connectivity index (χ3v) is 4.15. The van der Waals surface area contributed by atoms with Gasteiger partial charge in [-0.05, 0) is 31.4 Å². The van der Waals surface area contributed by atoms with Crippen molar-refractivity contribution < 1.29 is 4.74 Å². The quantitative estimate of drug-likeness (QED) is 0.591. The van der Waals surface area contributed by atoms with Crippen LogP contribution in [0.1, 0.15) is 18.4 Å². The summed E-state index contributed by atoms with van der Waals surface area (Å²) in [6, 6.07) is 10.8. The molecular weight excluding hydrogens is 290 g/mol. The molecule has 2 rings (SSSR count). The Bertz CT molecular complexity index is 331. The van der Waals surface area contributed by atoms with Crippen LogP contribution in [0.15, 0.2) is 30.3 Å². The Morgan fingerprint density at radius 3 is 2.83 bits per heavy atom. The standard InChI is InChI=1S/C15H22BrNO/c16-12-15-13-17(10-11-18-15)9-5-4-8-14-6-2-1-3-7-14/h1-3,6-7,15H,4-5,8-13H2. The molecule has 1 aromatic rings. The highest BCUT2D eigenvalue weighted by Gasteiger charge is 2.18. The summed E-state index contributed by atoms with van der Waals surface area (Å²) in [6.45, 7) is 4.26. The highest BCUT2D eigenvalue weighted by Crippen LogP contribution is 2.10.